The fourth-order valence-electron chi connectivity index (χ4n) is 2.89. The van der Waals surface area contributed by atoms with Crippen LogP contribution in [0.4, 0.5) is 10.5 Å². The number of nitrogens with zero attached hydrogens (tertiary/aromatic N) is 1. The zero-order valence-corrected chi connectivity index (χ0v) is 16.8. The van der Waals surface area contributed by atoms with Gasteiger partial charge in [-0.3, -0.25) is 4.98 Å². The van der Waals surface area contributed by atoms with E-state index < -0.39 is 12.3 Å². The highest BCUT2D eigenvalue weighted by atomic mass is 35.5. The summed E-state index contributed by atoms with van der Waals surface area (Å²) in [6.07, 6.45) is -0.489. The molecule has 0 unspecified atom stereocenters. The Hall–Kier alpha value is -3.13. The van der Waals surface area contributed by atoms with Gasteiger partial charge >= 0.3 is 6.16 Å². The molecule has 2 aromatic carbocycles. The zero-order valence-electron chi connectivity index (χ0n) is 16.1. The van der Waals surface area contributed by atoms with Gasteiger partial charge in [-0.1, -0.05) is 35.9 Å². The molecule has 1 heterocycles. The second-order valence-electron chi connectivity index (χ2n) is 6.53. The van der Waals surface area contributed by atoms with Gasteiger partial charge in [0.15, 0.2) is 0 Å². The average Bonchev–Trinajstić information content (AvgIpc) is 2.73. The minimum absolute atomic E-state index is 0.216. The van der Waals surface area contributed by atoms with Crippen LogP contribution >= 0.6 is 11.6 Å². The maximum Gasteiger partial charge on any atom is 0.511 e. The van der Waals surface area contributed by atoms with E-state index in [2.05, 4.69) is 20.4 Å². The van der Waals surface area contributed by atoms with Crippen molar-refractivity contribution in [2.24, 2.45) is 0 Å². The van der Waals surface area contributed by atoms with Gasteiger partial charge in [-0.2, -0.15) is 0 Å². The molecule has 30 heavy (non-hydrogen) atoms. The number of nitrogens with one attached hydrogen (secondary N) is 2. The Morgan fingerprint density at radius 1 is 1.10 bits per heavy atom. The van der Waals surface area contributed by atoms with Crippen molar-refractivity contribution in [3.05, 3.63) is 77.4 Å². The molecule has 0 amide bonds. The van der Waals surface area contributed by atoms with Gasteiger partial charge in [0.05, 0.1) is 11.8 Å². The average molecular weight is 428 g/mol. The first-order valence-corrected chi connectivity index (χ1v) is 9.74. The molecule has 0 aliphatic carbocycles. The fourth-order valence-corrected chi connectivity index (χ4v) is 3.09. The first kappa shape index (κ1) is 21.6. The summed E-state index contributed by atoms with van der Waals surface area (Å²) in [5.41, 5.74) is 3.12. The lowest BCUT2D eigenvalue weighted by Crippen LogP contribution is -2.26. The van der Waals surface area contributed by atoms with E-state index in [-0.39, 0.29) is 5.75 Å². The number of benzene rings is 2. The number of anilines is 1. The second-order valence-corrected chi connectivity index (χ2v) is 6.96. The number of pyridine rings is 1. The first-order valence-electron chi connectivity index (χ1n) is 9.36. The number of hydrogen-bond acceptors (Lipinski definition) is 6. The van der Waals surface area contributed by atoms with Crippen molar-refractivity contribution in [3.63, 3.8) is 0 Å². The van der Waals surface area contributed by atoms with Crippen LogP contribution in [0.1, 0.15) is 11.7 Å². The number of hydrogen-bond donors (Lipinski definition) is 4. The maximum absolute atomic E-state index is 10.7. The number of carbonyl (C=O) groups is 1. The van der Waals surface area contributed by atoms with Crippen molar-refractivity contribution in [1.29, 1.82) is 0 Å². The van der Waals surface area contributed by atoms with Gasteiger partial charge < -0.3 is 25.6 Å². The predicted octanol–water partition coefficient (Wildman–Crippen LogP) is 4.19. The van der Waals surface area contributed by atoms with Crippen LogP contribution in [0, 0.1) is 0 Å². The Morgan fingerprint density at radius 2 is 1.93 bits per heavy atom. The monoisotopic (exact) mass is 427 g/mol. The SMILES string of the molecule is O=C(O)Oc1ccnc(-c2cccc(NCCNC[C@H](O)c3cccc(Cl)c3)c2)c1. The van der Waals surface area contributed by atoms with Crippen molar-refractivity contribution in [1.82, 2.24) is 10.3 Å². The Balaban J connectivity index is 1.49. The molecule has 0 saturated carbocycles. The number of ether oxygens (including phenoxy) is 1. The normalized spacial score (nSPS) is 11.7. The summed E-state index contributed by atoms with van der Waals surface area (Å²) in [5.74, 6) is 0.216. The number of halogens is 1. The molecule has 8 heteroatoms. The molecular formula is C22H22ClN3O4. The number of carboxylic acid groups (broad SMARTS) is 1. The highest BCUT2D eigenvalue weighted by molar-refractivity contribution is 6.30. The third-order valence-corrected chi connectivity index (χ3v) is 4.53. The number of aromatic nitrogens is 1. The van der Waals surface area contributed by atoms with E-state index in [1.807, 2.05) is 36.4 Å². The van der Waals surface area contributed by atoms with Crippen molar-refractivity contribution in [2.45, 2.75) is 6.10 Å². The molecule has 0 fully saturated rings. The lowest BCUT2D eigenvalue weighted by atomic mass is 10.1. The molecule has 0 bridgehead atoms. The van der Waals surface area contributed by atoms with Crippen molar-refractivity contribution < 1.29 is 19.7 Å². The van der Waals surface area contributed by atoms with E-state index in [0.29, 0.717) is 30.4 Å². The van der Waals surface area contributed by atoms with Crippen LogP contribution in [0.3, 0.4) is 0 Å². The van der Waals surface area contributed by atoms with Crippen molar-refractivity contribution in [2.75, 3.05) is 25.0 Å². The van der Waals surface area contributed by atoms with E-state index in [9.17, 15) is 9.90 Å². The van der Waals surface area contributed by atoms with Crippen LogP contribution in [0.2, 0.25) is 5.02 Å². The van der Waals surface area contributed by atoms with Crippen LogP contribution in [0.25, 0.3) is 11.3 Å². The van der Waals surface area contributed by atoms with Gasteiger partial charge in [0.2, 0.25) is 0 Å². The minimum Gasteiger partial charge on any atom is -0.449 e. The summed E-state index contributed by atoms with van der Waals surface area (Å²) in [6, 6.07) is 17.9. The molecule has 7 nitrogen and oxygen atoms in total. The topological polar surface area (TPSA) is 104 Å². The summed E-state index contributed by atoms with van der Waals surface area (Å²) in [5, 5.41) is 26.1. The molecule has 0 radical (unpaired) electrons. The Kier molecular flexibility index (Phi) is 7.62. The molecule has 0 aliphatic rings. The number of aliphatic hydroxyl groups excluding tert-OH is 1. The van der Waals surface area contributed by atoms with Crippen LogP contribution in [0.15, 0.2) is 66.9 Å². The molecule has 1 atom stereocenters. The summed E-state index contributed by atoms with van der Waals surface area (Å²) in [7, 11) is 0. The third kappa shape index (κ3) is 6.45. The molecule has 0 spiro atoms. The standard InChI is InChI=1S/C22H22ClN3O4/c23-17-5-1-4-16(11-17)21(27)14-24-9-10-25-18-6-2-3-15(12-18)20-13-19(7-8-26-20)30-22(28)29/h1-8,11-13,21,24-25,27H,9-10,14H2,(H,28,29)/t21-/m0/s1. The Bertz CT molecular complexity index is 999. The molecule has 3 aromatic rings. The largest absolute Gasteiger partial charge is 0.511 e. The van der Waals surface area contributed by atoms with E-state index in [1.165, 1.54) is 12.3 Å². The molecule has 156 valence electrons. The van der Waals surface area contributed by atoms with Gasteiger partial charge in [0.1, 0.15) is 5.75 Å². The van der Waals surface area contributed by atoms with E-state index in [1.54, 1.807) is 18.2 Å². The summed E-state index contributed by atoms with van der Waals surface area (Å²) < 4.78 is 4.68. The lowest BCUT2D eigenvalue weighted by Gasteiger charge is -2.13. The van der Waals surface area contributed by atoms with Crippen molar-refractivity contribution in [3.8, 4) is 17.0 Å². The predicted molar refractivity (Wildman–Crippen MR) is 116 cm³/mol. The third-order valence-electron chi connectivity index (χ3n) is 4.30. The van der Waals surface area contributed by atoms with Crippen LogP contribution in [0.5, 0.6) is 5.75 Å². The Labute approximate surface area is 179 Å². The fraction of sp³-hybridized carbons (Fsp3) is 0.182. The molecular weight excluding hydrogens is 406 g/mol. The van der Waals surface area contributed by atoms with Gasteiger partial charge in [0.25, 0.3) is 0 Å². The van der Waals surface area contributed by atoms with Gasteiger partial charge in [0, 0.05) is 48.2 Å². The number of rotatable bonds is 9. The van der Waals surface area contributed by atoms with E-state index in [0.717, 1.165) is 16.8 Å². The quantitative estimate of drug-likeness (QED) is 0.300. The maximum atomic E-state index is 10.7. The minimum atomic E-state index is -1.37. The highest BCUT2D eigenvalue weighted by Gasteiger charge is 2.08. The Morgan fingerprint density at radius 3 is 2.73 bits per heavy atom. The van der Waals surface area contributed by atoms with Crippen LogP contribution in [-0.2, 0) is 0 Å². The highest BCUT2D eigenvalue weighted by Crippen LogP contribution is 2.24. The van der Waals surface area contributed by atoms with Gasteiger partial charge in [-0.25, -0.2) is 4.79 Å². The summed E-state index contributed by atoms with van der Waals surface area (Å²) in [4.78, 5) is 15.0. The molecule has 4 N–H and O–H groups in total. The lowest BCUT2D eigenvalue weighted by molar-refractivity contribution is 0.144. The van der Waals surface area contributed by atoms with Crippen LogP contribution < -0.4 is 15.4 Å². The van der Waals surface area contributed by atoms with Crippen molar-refractivity contribution >= 4 is 23.4 Å². The van der Waals surface area contributed by atoms with Crippen LogP contribution in [-0.4, -0.2) is 41.0 Å². The molecule has 0 aliphatic heterocycles. The second kappa shape index (κ2) is 10.6. The van der Waals surface area contributed by atoms with Gasteiger partial charge in [-0.15, -0.1) is 0 Å². The summed E-state index contributed by atoms with van der Waals surface area (Å²) in [6.45, 7) is 1.73. The van der Waals surface area contributed by atoms with Gasteiger partial charge in [-0.05, 0) is 35.9 Å². The first-order chi connectivity index (χ1) is 14.5. The molecule has 0 saturated heterocycles. The van der Waals surface area contributed by atoms with E-state index >= 15 is 0 Å². The van der Waals surface area contributed by atoms with E-state index in [4.69, 9.17) is 16.7 Å². The molecule has 1 aromatic heterocycles. The molecule has 3 rings (SSSR count). The number of aliphatic hydroxyl groups is 1. The zero-order chi connectivity index (χ0) is 21.3. The smallest absolute Gasteiger partial charge is 0.449 e. The summed E-state index contributed by atoms with van der Waals surface area (Å²) >= 11 is 5.95.